The second-order valence-corrected chi connectivity index (χ2v) is 5.62. The van der Waals surface area contributed by atoms with Gasteiger partial charge in [-0.15, -0.1) is 0 Å². The highest BCUT2D eigenvalue weighted by molar-refractivity contribution is 5.72. The number of hydrogen-bond donors (Lipinski definition) is 2. The minimum absolute atomic E-state index is 0.0997. The molecule has 2 aromatic heterocycles. The van der Waals surface area contributed by atoms with Crippen molar-refractivity contribution >= 4 is 11.1 Å². The van der Waals surface area contributed by atoms with Crippen LogP contribution in [0.3, 0.4) is 0 Å². The van der Waals surface area contributed by atoms with Crippen LogP contribution < -0.4 is 5.69 Å². The van der Waals surface area contributed by atoms with Gasteiger partial charge in [0.2, 0.25) is 5.89 Å². The summed E-state index contributed by atoms with van der Waals surface area (Å²) < 4.78 is 5.81. The molecule has 1 aromatic carbocycles. The van der Waals surface area contributed by atoms with Gasteiger partial charge in [-0.3, -0.25) is 9.88 Å². The first-order chi connectivity index (χ1) is 10.8. The van der Waals surface area contributed by atoms with Crippen molar-refractivity contribution in [2.75, 3.05) is 6.54 Å². The molecule has 114 valence electrons. The first-order valence-corrected chi connectivity index (χ1v) is 7.53. The van der Waals surface area contributed by atoms with Gasteiger partial charge < -0.3 is 4.42 Å². The second-order valence-electron chi connectivity index (χ2n) is 5.62. The molecule has 22 heavy (non-hydrogen) atoms. The molecule has 0 aliphatic carbocycles. The van der Waals surface area contributed by atoms with Crippen LogP contribution in [-0.2, 0) is 6.54 Å². The summed E-state index contributed by atoms with van der Waals surface area (Å²) in [7, 11) is 0. The smallest absolute Gasteiger partial charge is 0.340 e. The minimum atomic E-state index is -0.262. The van der Waals surface area contributed by atoms with E-state index in [2.05, 4.69) is 25.1 Å². The third-order valence-corrected chi connectivity index (χ3v) is 4.13. The van der Waals surface area contributed by atoms with Crippen LogP contribution in [-0.4, -0.2) is 31.6 Å². The van der Waals surface area contributed by atoms with Crippen molar-refractivity contribution in [1.29, 1.82) is 0 Å². The molecule has 3 aromatic rings. The van der Waals surface area contributed by atoms with Gasteiger partial charge in [-0.1, -0.05) is 18.6 Å². The molecule has 4 rings (SSSR count). The summed E-state index contributed by atoms with van der Waals surface area (Å²) >= 11 is 0. The maximum Gasteiger partial charge on any atom is 0.340 e. The number of benzene rings is 1. The van der Waals surface area contributed by atoms with Crippen molar-refractivity contribution in [2.24, 2.45) is 0 Å². The molecule has 1 atom stereocenters. The molecule has 1 aliphatic heterocycles. The van der Waals surface area contributed by atoms with E-state index in [1.54, 1.807) is 0 Å². The van der Waals surface area contributed by atoms with Gasteiger partial charge in [0.1, 0.15) is 11.3 Å². The molecule has 1 aliphatic rings. The summed E-state index contributed by atoms with van der Waals surface area (Å²) in [5.41, 5.74) is 1.42. The van der Waals surface area contributed by atoms with Gasteiger partial charge in [0.15, 0.2) is 5.58 Å². The Morgan fingerprint density at radius 2 is 2.23 bits per heavy atom. The molecule has 0 radical (unpaired) electrons. The van der Waals surface area contributed by atoms with Crippen molar-refractivity contribution in [3.05, 3.63) is 46.5 Å². The molecule has 1 saturated heterocycles. The number of hydrogen-bond acceptors (Lipinski definition) is 5. The highest BCUT2D eigenvalue weighted by Gasteiger charge is 2.27. The Morgan fingerprint density at radius 3 is 3.05 bits per heavy atom. The van der Waals surface area contributed by atoms with Gasteiger partial charge in [0.25, 0.3) is 0 Å². The van der Waals surface area contributed by atoms with E-state index in [9.17, 15) is 4.79 Å². The zero-order valence-corrected chi connectivity index (χ0v) is 12.1. The first-order valence-electron chi connectivity index (χ1n) is 7.53. The van der Waals surface area contributed by atoms with Gasteiger partial charge >= 0.3 is 5.69 Å². The monoisotopic (exact) mass is 299 g/mol. The van der Waals surface area contributed by atoms with E-state index in [1.165, 1.54) is 0 Å². The molecule has 0 amide bonds. The number of aromatic amines is 2. The van der Waals surface area contributed by atoms with Gasteiger partial charge in [-0.25, -0.2) is 14.9 Å². The van der Waals surface area contributed by atoms with E-state index in [0.29, 0.717) is 18.3 Å². The predicted octanol–water partition coefficient (Wildman–Crippen LogP) is 1.97. The molecule has 0 saturated carbocycles. The Labute approximate surface area is 126 Å². The standard InChI is InChI=1S/C15H17N5O2/c21-15-17-14(18-19-15)11-6-3-4-8-20(11)9-13-16-10-5-1-2-7-12(10)22-13/h1-2,5,7,11H,3-4,6,8-9H2,(H2,17,18,19,21). The van der Waals surface area contributed by atoms with Gasteiger partial charge in [-0.05, 0) is 31.5 Å². The van der Waals surface area contributed by atoms with Crippen LogP contribution in [0.5, 0.6) is 0 Å². The fourth-order valence-corrected chi connectivity index (χ4v) is 3.09. The molecule has 2 N–H and O–H groups in total. The van der Waals surface area contributed by atoms with E-state index in [4.69, 9.17) is 4.42 Å². The van der Waals surface area contributed by atoms with Gasteiger partial charge in [0, 0.05) is 0 Å². The Balaban J connectivity index is 1.60. The van der Waals surface area contributed by atoms with E-state index in [1.807, 2.05) is 24.3 Å². The number of fused-ring (bicyclic) bond motifs is 1. The lowest BCUT2D eigenvalue weighted by Crippen LogP contribution is -2.33. The SMILES string of the molecule is O=c1[nH]nc(C2CCCCN2Cc2nc3ccccc3o2)[nH]1. The topological polar surface area (TPSA) is 90.8 Å². The second kappa shape index (κ2) is 5.42. The lowest BCUT2D eigenvalue weighted by Gasteiger charge is -2.33. The number of para-hydroxylation sites is 2. The number of rotatable bonds is 3. The zero-order chi connectivity index (χ0) is 14.9. The summed E-state index contributed by atoms with van der Waals surface area (Å²) in [6.45, 7) is 1.56. The van der Waals surface area contributed by atoms with Crippen molar-refractivity contribution in [3.8, 4) is 0 Å². The van der Waals surface area contributed by atoms with Crippen LogP contribution in [0, 0.1) is 0 Å². The zero-order valence-electron chi connectivity index (χ0n) is 12.1. The third kappa shape index (κ3) is 2.43. The summed E-state index contributed by atoms with van der Waals surface area (Å²) in [6.07, 6.45) is 3.23. The summed E-state index contributed by atoms with van der Waals surface area (Å²) in [5, 5.41) is 6.53. The summed E-state index contributed by atoms with van der Waals surface area (Å²) in [5.74, 6) is 1.40. The lowest BCUT2D eigenvalue weighted by molar-refractivity contribution is 0.123. The molecular formula is C15H17N5O2. The highest BCUT2D eigenvalue weighted by Crippen LogP contribution is 2.30. The normalized spacial score (nSPS) is 19.7. The Morgan fingerprint density at radius 1 is 1.32 bits per heavy atom. The summed E-state index contributed by atoms with van der Waals surface area (Å²) in [4.78, 5) is 20.9. The third-order valence-electron chi connectivity index (χ3n) is 4.13. The quantitative estimate of drug-likeness (QED) is 0.771. The first kappa shape index (κ1) is 13.3. The molecule has 3 heterocycles. The molecule has 0 spiro atoms. The van der Waals surface area contributed by atoms with Gasteiger partial charge in [-0.2, -0.15) is 5.10 Å². The number of likely N-dealkylation sites (tertiary alicyclic amines) is 1. The fraction of sp³-hybridized carbons (Fsp3) is 0.400. The van der Waals surface area contributed by atoms with Crippen LogP contribution in [0.2, 0.25) is 0 Å². The van der Waals surface area contributed by atoms with Crippen LogP contribution in [0.4, 0.5) is 0 Å². The molecule has 1 fully saturated rings. The number of oxazole rings is 1. The highest BCUT2D eigenvalue weighted by atomic mass is 16.3. The Kier molecular flexibility index (Phi) is 3.27. The van der Waals surface area contributed by atoms with Crippen molar-refractivity contribution in [1.82, 2.24) is 25.1 Å². The molecule has 1 unspecified atom stereocenters. The number of aromatic nitrogens is 4. The number of nitrogens with one attached hydrogen (secondary N) is 2. The van der Waals surface area contributed by atoms with E-state index in [-0.39, 0.29) is 11.7 Å². The molecular weight excluding hydrogens is 282 g/mol. The van der Waals surface area contributed by atoms with E-state index in [0.717, 1.165) is 36.9 Å². The number of H-pyrrole nitrogens is 2. The average molecular weight is 299 g/mol. The van der Waals surface area contributed by atoms with E-state index >= 15 is 0 Å². The largest absolute Gasteiger partial charge is 0.439 e. The van der Waals surface area contributed by atoms with Crippen molar-refractivity contribution in [2.45, 2.75) is 31.8 Å². The van der Waals surface area contributed by atoms with Gasteiger partial charge in [0.05, 0.1) is 12.6 Å². The van der Waals surface area contributed by atoms with Crippen LogP contribution in [0.25, 0.3) is 11.1 Å². The average Bonchev–Trinajstić information content (AvgIpc) is 3.13. The minimum Gasteiger partial charge on any atom is -0.439 e. The van der Waals surface area contributed by atoms with Crippen LogP contribution in [0.1, 0.15) is 37.0 Å². The predicted molar refractivity (Wildman–Crippen MR) is 80.2 cm³/mol. The maximum atomic E-state index is 11.3. The van der Waals surface area contributed by atoms with Crippen molar-refractivity contribution in [3.63, 3.8) is 0 Å². The molecule has 0 bridgehead atoms. The maximum absolute atomic E-state index is 11.3. The Hall–Kier alpha value is -2.41. The number of nitrogens with zero attached hydrogens (tertiary/aromatic N) is 3. The Bertz CT molecular complexity index is 800. The van der Waals surface area contributed by atoms with Crippen LogP contribution in [0.15, 0.2) is 33.5 Å². The van der Waals surface area contributed by atoms with Crippen molar-refractivity contribution < 1.29 is 4.42 Å². The van der Waals surface area contributed by atoms with E-state index < -0.39 is 0 Å². The molecule has 7 nitrogen and oxygen atoms in total. The fourth-order valence-electron chi connectivity index (χ4n) is 3.09. The molecule has 7 heteroatoms. The van der Waals surface area contributed by atoms with Crippen LogP contribution >= 0.6 is 0 Å². The number of piperidine rings is 1. The summed E-state index contributed by atoms with van der Waals surface area (Å²) in [6, 6.07) is 7.86. The lowest BCUT2D eigenvalue weighted by atomic mass is 10.0.